The fourth-order valence-electron chi connectivity index (χ4n) is 2.18. The van der Waals surface area contributed by atoms with Gasteiger partial charge in [-0.3, -0.25) is 4.98 Å². The molecule has 0 aliphatic heterocycles. The van der Waals surface area contributed by atoms with Gasteiger partial charge in [-0.15, -0.1) is 0 Å². The molecule has 0 fully saturated rings. The van der Waals surface area contributed by atoms with Crippen molar-refractivity contribution in [1.29, 1.82) is 0 Å². The predicted molar refractivity (Wildman–Crippen MR) is 72.3 cm³/mol. The number of pyridine rings is 1. The van der Waals surface area contributed by atoms with Gasteiger partial charge in [0.2, 0.25) is 0 Å². The molecule has 2 aromatic rings. The van der Waals surface area contributed by atoms with Crippen LogP contribution in [0.15, 0.2) is 30.7 Å². The zero-order chi connectivity index (χ0) is 13.0. The summed E-state index contributed by atoms with van der Waals surface area (Å²) in [5.41, 5.74) is 2.33. The van der Waals surface area contributed by atoms with Gasteiger partial charge in [0, 0.05) is 43.8 Å². The fraction of sp³-hybridized carbons (Fsp3) is 0.429. The summed E-state index contributed by atoms with van der Waals surface area (Å²) in [5, 5.41) is 3.51. The van der Waals surface area contributed by atoms with Crippen molar-refractivity contribution in [3.63, 3.8) is 0 Å². The summed E-state index contributed by atoms with van der Waals surface area (Å²) in [6, 6.07) is 4.40. The molecule has 2 rings (SSSR count). The average Bonchev–Trinajstić information content (AvgIpc) is 2.75. The van der Waals surface area contributed by atoms with Crippen LogP contribution in [0.2, 0.25) is 0 Å². The van der Waals surface area contributed by atoms with Gasteiger partial charge < -0.3 is 9.88 Å². The van der Waals surface area contributed by atoms with Gasteiger partial charge in [-0.05, 0) is 25.1 Å². The Hall–Kier alpha value is -1.68. The van der Waals surface area contributed by atoms with E-state index < -0.39 is 0 Å². The Balaban J connectivity index is 2.24. The van der Waals surface area contributed by atoms with Crippen molar-refractivity contribution in [3.05, 3.63) is 47.8 Å². The fourth-order valence-corrected chi connectivity index (χ4v) is 2.18. The van der Waals surface area contributed by atoms with Crippen molar-refractivity contribution < 1.29 is 0 Å². The molecule has 0 saturated heterocycles. The van der Waals surface area contributed by atoms with Crippen LogP contribution < -0.4 is 5.32 Å². The third-order valence-corrected chi connectivity index (χ3v) is 3.18. The highest BCUT2D eigenvalue weighted by Crippen LogP contribution is 2.19. The second-order valence-electron chi connectivity index (χ2n) is 4.45. The maximum absolute atomic E-state index is 4.40. The van der Waals surface area contributed by atoms with E-state index in [1.807, 2.05) is 31.7 Å². The second-order valence-corrected chi connectivity index (χ2v) is 4.45. The molecule has 2 aromatic heterocycles. The first-order chi connectivity index (χ1) is 8.72. The Kier molecular flexibility index (Phi) is 4.10. The number of hydrogen-bond acceptors (Lipinski definition) is 3. The standard InChI is InChI=1S/C14H20N4/c1-4-15-13(10-14-17-8-9-18(14)3)12-6-5-7-16-11(12)2/h5-9,13,15H,4,10H2,1-3H3. The number of rotatable bonds is 5. The number of likely N-dealkylation sites (N-methyl/N-ethyl adjacent to an activating group) is 1. The molecule has 1 unspecified atom stereocenters. The lowest BCUT2D eigenvalue weighted by Crippen LogP contribution is -2.25. The molecule has 0 aliphatic rings. The van der Waals surface area contributed by atoms with Crippen LogP contribution in [0, 0.1) is 6.92 Å². The first-order valence-electron chi connectivity index (χ1n) is 6.33. The van der Waals surface area contributed by atoms with Crippen molar-refractivity contribution in [1.82, 2.24) is 19.9 Å². The minimum Gasteiger partial charge on any atom is -0.338 e. The van der Waals surface area contributed by atoms with Crippen LogP contribution in [-0.2, 0) is 13.5 Å². The number of imidazole rings is 1. The average molecular weight is 244 g/mol. The lowest BCUT2D eigenvalue weighted by atomic mass is 10.0. The van der Waals surface area contributed by atoms with Gasteiger partial charge in [-0.1, -0.05) is 13.0 Å². The first-order valence-corrected chi connectivity index (χ1v) is 6.33. The summed E-state index contributed by atoms with van der Waals surface area (Å²) in [6.07, 6.45) is 6.54. The first kappa shape index (κ1) is 12.8. The SMILES string of the molecule is CCNC(Cc1nccn1C)c1cccnc1C. The molecule has 0 aliphatic carbocycles. The van der Waals surface area contributed by atoms with Crippen molar-refractivity contribution in [2.75, 3.05) is 6.54 Å². The number of hydrogen-bond donors (Lipinski definition) is 1. The zero-order valence-electron chi connectivity index (χ0n) is 11.2. The summed E-state index contributed by atoms with van der Waals surface area (Å²) in [7, 11) is 2.03. The van der Waals surface area contributed by atoms with Gasteiger partial charge in [0.1, 0.15) is 5.82 Å². The van der Waals surface area contributed by atoms with Crippen LogP contribution in [0.5, 0.6) is 0 Å². The van der Waals surface area contributed by atoms with Crippen molar-refractivity contribution in [2.24, 2.45) is 7.05 Å². The topological polar surface area (TPSA) is 42.7 Å². The molecule has 4 heteroatoms. The van der Waals surface area contributed by atoms with Gasteiger partial charge in [0.05, 0.1) is 0 Å². The molecular formula is C14H20N4. The van der Waals surface area contributed by atoms with Crippen LogP contribution in [-0.4, -0.2) is 21.1 Å². The molecule has 0 radical (unpaired) electrons. The molecule has 0 aromatic carbocycles. The van der Waals surface area contributed by atoms with Gasteiger partial charge in [0.15, 0.2) is 0 Å². The van der Waals surface area contributed by atoms with E-state index in [2.05, 4.69) is 39.8 Å². The zero-order valence-corrected chi connectivity index (χ0v) is 11.2. The smallest absolute Gasteiger partial charge is 0.110 e. The molecule has 1 N–H and O–H groups in total. The largest absolute Gasteiger partial charge is 0.338 e. The van der Waals surface area contributed by atoms with Crippen molar-refractivity contribution in [3.8, 4) is 0 Å². The lowest BCUT2D eigenvalue weighted by Gasteiger charge is -2.19. The molecule has 2 heterocycles. The van der Waals surface area contributed by atoms with E-state index in [0.29, 0.717) is 0 Å². The summed E-state index contributed by atoms with van der Waals surface area (Å²) in [6.45, 7) is 5.11. The molecule has 1 atom stereocenters. The second kappa shape index (κ2) is 5.78. The van der Waals surface area contributed by atoms with E-state index in [9.17, 15) is 0 Å². The predicted octanol–water partition coefficient (Wildman–Crippen LogP) is 2.02. The maximum atomic E-state index is 4.40. The number of nitrogens with one attached hydrogen (secondary N) is 1. The Bertz CT molecular complexity index is 504. The molecule has 4 nitrogen and oxygen atoms in total. The third kappa shape index (κ3) is 2.76. The monoisotopic (exact) mass is 244 g/mol. The number of aromatic nitrogens is 3. The van der Waals surface area contributed by atoms with Crippen LogP contribution in [0.3, 0.4) is 0 Å². The van der Waals surface area contributed by atoms with Crippen LogP contribution in [0.1, 0.15) is 30.0 Å². The highest BCUT2D eigenvalue weighted by molar-refractivity contribution is 5.23. The molecule has 0 spiro atoms. The normalized spacial score (nSPS) is 12.6. The molecule has 0 amide bonds. The summed E-state index contributed by atoms with van der Waals surface area (Å²) in [5.74, 6) is 1.09. The minimum atomic E-state index is 0.268. The molecule has 96 valence electrons. The van der Waals surface area contributed by atoms with E-state index in [-0.39, 0.29) is 6.04 Å². The highest BCUT2D eigenvalue weighted by atomic mass is 15.0. The van der Waals surface area contributed by atoms with Gasteiger partial charge in [-0.2, -0.15) is 0 Å². The van der Waals surface area contributed by atoms with Crippen molar-refractivity contribution in [2.45, 2.75) is 26.3 Å². The summed E-state index contributed by atoms with van der Waals surface area (Å²) < 4.78 is 2.07. The van der Waals surface area contributed by atoms with E-state index in [0.717, 1.165) is 24.5 Å². The Morgan fingerprint density at radius 1 is 1.33 bits per heavy atom. The Morgan fingerprint density at radius 2 is 2.17 bits per heavy atom. The maximum Gasteiger partial charge on any atom is 0.110 e. The van der Waals surface area contributed by atoms with Crippen molar-refractivity contribution >= 4 is 0 Å². The molecule has 0 bridgehead atoms. The molecular weight excluding hydrogens is 224 g/mol. The number of nitrogens with zero attached hydrogens (tertiary/aromatic N) is 3. The third-order valence-electron chi connectivity index (χ3n) is 3.18. The van der Waals surface area contributed by atoms with E-state index in [1.165, 1.54) is 5.56 Å². The molecule has 0 saturated carbocycles. The van der Waals surface area contributed by atoms with Crippen LogP contribution in [0.4, 0.5) is 0 Å². The number of aryl methyl sites for hydroxylation is 2. The van der Waals surface area contributed by atoms with E-state index in [4.69, 9.17) is 0 Å². The minimum absolute atomic E-state index is 0.268. The van der Waals surface area contributed by atoms with E-state index in [1.54, 1.807) is 0 Å². The summed E-state index contributed by atoms with van der Waals surface area (Å²) in [4.78, 5) is 8.76. The van der Waals surface area contributed by atoms with E-state index >= 15 is 0 Å². The van der Waals surface area contributed by atoms with Crippen LogP contribution >= 0.6 is 0 Å². The highest BCUT2D eigenvalue weighted by Gasteiger charge is 2.15. The van der Waals surface area contributed by atoms with Crippen LogP contribution in [0.25, 0.3) is 0 Å². The van der Waals surface area contributed by atoms with Gasteiger partial charge in [-0.25, -0.2) is 4.98 Å². The van der Waals surface area contributed by atoms with Gasteiger partial charge >= 0.3 is 0 Å². The Morgan fingerprint density at radius 3 is 2.78 bits per heavy atom. The molecule has 18 heavy (non-hydrogen) atoms. The quantitative estimate of drug-likeness (QED) is 0.875. The summed E-state index contributed by atoms with van der Waals surface area (Å²) >= 11 is 0. The van der Waals surface area contributed by atoms with Gasteiger partial charge in [0.25, 0.3) is 0 Å². The lowest BCUT2D eigenvalue weighted by molar-refractivity contribution is 0.525. The Labute approximate surface area is 108 Å².